The molecule has 4 nitrogen and oxygen atoms in total. The highest BCUT2D eigenvalue weighted by molar-refractivity contribution is 7.93. The van der Waals surface area contributed by atoms with Gasteiger partial charge in [-0.25, -0.2) is 0 Å². The Morgan fingerprint density at radius 2 is 2.06 bits per heavy atom. The number of hydrogen-bond donors (Lipinski definition) is 1. The van der Waals surface area contributed by atoms with Crippen LogP contribution >= 0.6 is 12.0 Å². The number of carbonyl (C=O) groups is 1. The summed E-state index contributed by atoms with van der Waals surface area (Å²) in [4.78, 5) is 13.8. The molecule has 5 heteroatoms. The van der Waals surface area contributed by atoms with E-state index < -0.39 is 0 Å². The normalized spacial score (nSPS) is 9.94. The average Bonchev–Trinajstić information content (AvgIpc) is 2.29. The van der Waals surface area contributed by atoms with E-state index >= 15 is 0 Å². The lowest BCUT2D eigenvalue weighted by molar-refractivity contribution is -0.141. The number of ether oxygens (including phenoxy) is 1. The topological polar surface area (TPSA) is 49.8 Å². The second kappa shape index (κ2) is 6.40. The fraction of sp³-hybridized carbons (Fsp3) is 0.364. The van der Waals surface area contributed by atoms with E-state index in [1.807, 2.05) is 19.2 Å². The summed E-state index contributed by atoms with van der Waals surface area (Å²) >= 11 is 0.701. The molecule has 16 heavy (non-hydrogen) atoms. The minimum Gasteiger partial charge on any atom is -0.465 e. The fourth-order valence-electron chi connectivity index (χ4n) is 1.25. The fourth-order valence-corrected chi connectivity index (χ4v) is 1.51. The van der Waals surface area contributed by atoms with Gasteiger partial charge in [-0.1, -0.05) is 0 Å². The van der Waals surface area contributed by atoms with Crippen LogP contribution < -0.4 is 4.90 Å². The zero-order valence-electron chi connectivity index (χ0n) is 9.34. The molecule has 1 N–H and O–H groups in total. The van der Waals surface area contributed by atoms with Crippen molar-refractivity contribution in [3.63, 3.8) is 0 Å². The molecule has 0 unspecified atom stereocenters. The van der Waals surface area contributed by atoms with Crippen molar-refractivity contribution in [2.45, 2.75) is 11.8 Å². The molecule has 1 rings (SSSR count). The maximum Gasteiger partial charge on any atom is 0.325 e. The Balaban J connectivity index is 2.58. The first kappa shape index (κ1) is 12.9. The predicted molar refractivity (Wildman–Crippen MR) is 64.8 cm³/mol. The van der Waals surface area contributed by atoms with Crippen LogP contribution in [0.25, 0.3) is 0 Å². The Kier molecular flexibility index (Phi) is 5.14. The largest absolute Gasteiger partial charge is 0.465 e. The molecule has 0 radical (unpaired) electrons. The molecule has 88 valence electrons. The molecule has 0 bridgehead atoms. The van der Waals surface area contributed by atoms with Crippen LogP contribution in [0.5, 0.6) is 0 Å². The van der Waals surface area contributed by atoms with Crippen molar-refractivity contribution >= 4 is 23.7 Å². The number of nitrogens with zero attached hydrogens (tertiary/aromatic N) is 1. The van der Waals surface area contributed by atoms with Crippen LogP contribution in [0.2, 0.25) is 0 Å². The Labute approximate surface area is 99.4 Å². The van der Waals surface area contributed by atoms with Crippen LogP contribution in [0.15, 0.2) is 29.2 Å². The van der Waals surface area contributed by atoms with Gasteiger partial charge >= 0.3 is 5.97 Å². The Morgan fingerprint density at radius 1 is 1.44 bits per heavy atom. The first-order valence-corrected chi connectivity index (χ1v) is 5.73. The number of hydrogen-bond acceptors (Lipinski definition) is 5. The first-order valence-electron chi connectivity index (χ1n) is 4.95. The smallest absolute Gasteiger partial charge is 0.325 e. The minimum absolute atomic E-state index is 0.222. The van der Waals surface area contributed by atoms with Crippen LogP contribution in [0.4, 0.5) is 5.69 Å². The molecule has 1 aromatic carbocycles. The lowest BCUT2D eigenvalue weighted by atomic mass is 10.3. The highest BCUT2D eigenvalue weighted by atomic mass is 32.2. The summed E-state index contributed by atoms with van der Waals surface area (Å²) in [6, 6.07) is 7.28. The van der Waals surface area contributed by atoms with Gasteiger partial charge in [-0.15, -0.1) is 0 Å². The van der Waals surface area contributed by atoms with E-state index in [0.29, 0.717) is 18.6 Å². The first-order chi connectivity index (χ1) is 7.67. The highest BCUT2D eigenvalue weighted by Crippen LogP contribution is 2.19. The van der Waals surface area contributed by atoms with Gasteiger partial charge in [0.2, 0.25) is 0 Å². The third kappa shape index (κ3) is 3.75. The third-order valence-corrected chi connectivity index (χ3v) is 2.54. The molecule has 0 atom stereocenters. The minimum atomic E-state index is -0.245. The summed E-state index contributed by atoms with van der Waals surface area (Å²) in [7, 11) is 1.82. The van der Waals surface area contributed by atoms with Crippen LogP contribution in [0, 0.1) is 0 Å². The molecule has 0 fully saturated rings. The van der Waals surface area contributed by atoms with Gasteiger partial charge in [0, 0.05) is 29.7 Å². The van der Waals surface area contributed by atoms with E-state index in [1.165, 1.54) is 0 Å². The van der Waals surface area contributed by atoms with Crippen molar-refractivity contribution in [2.75, 3.05) is 25.1 Å². The summed E-state index contributed by atoms with van der Waals surface area (Å²) in [6.07, 6.45) is 0. The standard InChI is InChI=1S/C11H15NO3S/c1-3-15-11(13)8-12(2)9-4-6-10(16-14)7-5-9/h4-7,14H,3,8H2,1-2H3. The average molecular weight is 241 g/mol. The monoisotopic (exact) mass is 241 g/mol. The van der Waals surface area contributed by atoms with E-state index in [2.05, 4.69) is 0 Å². The maximum absolute atomic E-state index is 11.2. The van der Waals surface area contributed by atoms with Crippen LogP contribution in [0.3, 0.4) is 0 Å². The molecular formula is C11H15NO3S. The number of carbonyl (C=O) groups excluding carboxylic acids is 1. The van der Waals surface area contributed by atoms with Gasteiger partial charge in [0.25, 0.3) is 0 Å². The Morgan fingerprint density at radius 3 is 2.56 bits per heavy atom. The van der Waals surface area contributed by atoms with Crippen LogP contribution in [-0.2, 0) is 9.53 Å². The zero-order valence-corrected chi connectivity index (χ0v) is 10.2. The summed E-state index contributed by atoms with van der Waals surface area (Å²) in [5, 5.41) is 0. The van der Waals surface area contributed by atoms with E-state index in [4.69, 9.17) is 9.29 Å². The van der Waals surface area contributed by atoms with E-state index in [-0.39, 0.29) is 12.5 Å². The summed E-state index contributed by atoms with van der Waals surface area (Å²) in [5.41, 5.74) is 0.908. The maximum atomic E-state index is 11.2. The quantitative estimate of drug-likeness (QED) is 0.633. The van der Waals surface area contributed by atoms with Gasteiger partial charge in [0.15, 0.2) is 0 Å². The molecule has 0 amide bonds. The molecule has 0 spiro atoms. The van der Waals surface area contributed by atoms with E-state index in [0.717, 1.165) is 10.6 Å². The Hall–Kier alpha value is -1.20. The van der Waals surface area contributed by atoms with E-state index in [9.17, 15) is 4.79 Å². The molecule has 0 aromatic heterocycles. The molecule has 0 saturated carbocycles. The number of esters is 1. The second-order valence-electron chi connectivity index (χ2n) is 3.25. The lowest BCUT2D eigenvalue weighted by Crippen LogP contribution is -2.26. The van der Waals surface area contributed by atoms with Crippen LogP contribution in [0.1, 0.15) is 6.92 Å². The third-order valence-electron chi connectivity index (χ3n) is 2.05. The van der Waals surface area contributed by atoms with Gasteiger partial charge in [-0.05, 0) is 31.2 Å². The highest BCUT2D eigenvalue weighted by Gasteiger charge is 2.07. The Bertz CT molecular complexity index is 340. The SMILES string of the molecule is CCOC(=O)CN(C)c1ccc(SO)cc1. The summed E-state index contributed by atoms with van der Waals surface area (Å²) in [5.74, 6) is -0.245. The van der Waals surface area contributed by atoms with Crippen molar-refractivity contribution in [1.29, 1.82) is 0 Å². The second-order valence-corrected chi connectivity index (χ2v) is 3.90. The number of rotatable bonds is 5. The van der Waals surface area contributed by atoms with E-state index in [1.54, 1.807) is 24.0 Å². The van der Waals surface area contributed by atoms with Crippen molar-refractivity contribution in [3.05, 3.63) is 24.3 Å². The molecule has 0 saturated heterocycles. The van der Waals surface area contributed by atoms with Crippen molar-refractivity contribution in [3.8, 4) is 0 Å². The summed E-state index contributed by atoms with van der Waals surface area (Å²) < 4.78 is 13.7. The van der Waals surface area contributed by atoms with Gasteiger partial charge in [0.1, 0.15) is 6.54 Å². The van der Waals surface area contributed by atoms with Crippen molar-refractivity contribution in [2.24, 2.45) is 0 Å². The van der Waals surface area contributed by atoms with Crippen LogP contribution in [-0.4, -0.2) is 30.7 Å². The number of likely N-dealkylation sites (N-methyl/N-ethyl adjacent to an activating group) is 1. The molecular weight excluding hydrogens is 226 g/mol. The lowest BCUT2D eigenvalue weighted by Gasteiger charge is -2.18. The zero-order chi connectivity index (χ0) is 12.0. The van der Waals surface area contributed by atoms with Gasteiger partial charge in [-0.3, -0.25) is 4.79 Å². The molecule has 0 aliphatic rings. The number of anilines is 1. The number of benzene rings is 1. The molecule has 0 heterocycles. The van der Waals surface area contributed by atoms with Crippen molar-refractivity contribution in [1.82, 2.24) is 0 Å². The van der Waals surface area contributed by atoms with Gasteiger partial charge in [0.05, 0.1) is 6.61 Å². The van der Waals surface area contributed by atoms with Gasteiger partial charge < -0.3 is 14.2 Å². The molecule has 1 aromatic rings. The predicted octanol–water partition coefficient (Wildman–Crippen LogP) is 2.25. The summed E-state index contributed by atoms with van der Waals surface area (Å²) in [6.45, 7) is 2.40. The van der Waals surface area contributed by atoms with Crippen molar-refractivity contribution < 1.29 is 14.1 Å². The van der Waals surface area contributed by atoms with Gasteiger partial charge in [-0.2, -0.15) is 0 Å². The molecule has 0 aliphatic carbocycles. The molecule has 0 aliphatic heterocycles.